The van der Waals surface area contributed by atoms with Crippen LogP contribution >= 0.6 is 11.6 Å². The number of anilines is 1. The molecule has 1 heterocycles. The van der Waals surface area contributed by atoms with Crippen LogP contribution in [-0.2, 0) is 6.18 Å². The highest BCUT2D eigenvalue weighted by Gasteiger charge is 2.34. The third-order valence-electron chi connectivity index (χ3n) is 3.36. The van der Waals surface area contributed by atoms with Crippen molar-refractivity contribution in [3.63, 3.8) is 0 Å². The van der Waals surface area contributed by atoms with Crippen molar-refractivity contribution in [2.75, 3.05) is 18.5 Å². The van der Waals surface area contributed by atoms with Crippen LogP contribution in [0.2, 0.25) is 5.02 Å². The Kier molecular flexibility index (Phi) is 4.28. The molecule has 0 radical (unpaired) electrons. The lowest BCUT2D eigenvalue weighted by Gasteiger charge is -2.21. The molecule has 0 fully saturated rings. The van der Waals surface area contributed by atoms with E-state index >= 15 is 0 Å². The Morgan fingerprint density at radius 1 is 1.08 bits per heavy atom. The van der Waals surface area contributed by atoms with Gasteiger partial charge in [0.05, 0.1) is 21.8 Å². The highest BCUT2D eigenvalue weighted by Crippen LogP contribution is 2.39. The molecular weight excluding hydrogens is 347 g/mol. The molecule has 0 unspecified atom stereocenters. The van der Waals surface area contributed by atoms with E-state index in [1.807, 2.05) is 0 Å². The van der Waals surface area contributed by atoms with Crippen molar-refractivity contribution in [2.24, 2.45) is 0 Å². The van der Waals surface area contributed by atoms with Gasteiger partial charge in [-0.25, -0.2) is 0 Å². The maximum atomic E-state index is 12.9. The van der Waals surface area contributed by atoms with Gasteiger partial charge in [-0.15, -0.1) is 0 Å². The average Bonchev–Trinajstić information content (AvgIpc) is 2.54. The van der Waals surface area contributed by atoms with Gasteiger partial charge in [0, 0.05) is 0 Å². The fourth-order valence-corrected chi connectivity index (χ4v) is 2.61. The number of carbonyl (C=O) groups excluding carboxylic acids is 1. The molecule has 1 aliphatic heterocycles. The van der Waals surface area contributed by atoms with Crippen LogP contribution in [0.3, 0.4) is 0 Å². The van der Waals surface area contributed by atoms with E-state index in [1.165, 1.54) is 6.07 Å². The summed E-state index contributed by atoms with van der Waals surface area (Å²) in [4.78, 5) is 12.3. The van der Waals surface area contributed by atoms with Crippen molar-refractivity contribution in [3.8, 4) is 11.5 Å². The predicted octanol–water partition coefficient (Wildman–Crippen LogP) is 4.38. The summed E-state index contributed by atoms with van der Waals surface area (Å²) in [7, 11) is 0. The molecule has 1 amide bonds. The molecule has 0 saturated carbocycles. The van der Waals surface area contributed by atoms with Crippen LogP contribution in [0.1, 0.15) is 15.9 Å². The number of para-hydroxylation sites is 1. The minimum Gasteiger partial charge on any atom is -0.486 e. The first-order valence-electron chi connectivity index (χ1n) is 6.93. The molecule has 0 aliphatic carbocycles. The van der Waals surface area contributed by atoms with Crippen molar-refractivity contribution in [1.82, 2.24) is 0 Å². The molecule has 0 spiro atoms. The normalized spacial score (nSPS) is 13.5. The quantitative estimate of drug-likeness (QED) is 0.867. The number of benzene rings is 2. The molecule has 0 aromatic heterocycles. The summed E-state index contributed by atoms with van der Waals surface area (Å²) in [6.45, 7) is 0.689. The second-order valence-electron chi connectivity index (χ2n) is 4.95. The Morgan fingerprint density at radius 3 is 2.54 bits per heavy atom. The van der Waals surface area contributed by atoms with Crippen molar-refractivity contribution in [2.45, 2.75) is 6.18 Å². The molecule has 24 heavy (non-hydrogen) atoms. The van der Waals surface area contributed by atoms with Gasteiger partial charge in [-0.2, -0.15) is 13.2 Å². The van der Waals surface area contributed by atoms with Crippen molar-refractivity contribution < 1.29 is 27.4 Å². The van der Waals surface area contributed by atoms with E-state index in [4.69, 9.17) is 21.1 Å². The average molecular weight is 358 g/mol. The van der Waals surface area contributed by atoms with Crippen LogP contribution in [0.5, 0.6) is 11.5 Å². The summed E-state index contributed by atoms with van der Waals surface area (Å²) >= 11 is 5.76. The number of ether oxygens (including phenoxy) is 2. The van der Waals surface area contributed by atoms with E-state index in [2.05, 4.69) is 5.32 Å². The van der Waals surface area contributed by atoms with E-state index in [0.717, 1.165) is 12.1 Å². The summed E-state index contributed by atoms with van der Waals surface area (Å²) in [6.07, 6.45) is -4.64. The number of amides is 1. The zero-order chi connectivity index (χ0) is 17.3. The topological polar surface area (TPSA) is 47.6 Å². The van der Waals surface area contributed by atoms with Crippen LogP contribution < -0.4 is 14.8 Å². The fourth-order valence-electron chi connectivity index (χ4n) is 2.29. The van der Waals surface area contributed by atoms with E-state index < -0.39 is 22.7 Å². The van der Waals surface area contributed by atoms with Gasteiger partial charge in [0.25, 0.3) is 5.91 Å². The molecule has 2 aromatic carbocycles. The van der Waals surface area contributed by atoms with E-state index in [-0.39, 0.29) is 5.56 Å². The molecule has 0 saturated heterocycles. The number of halogens is 4. The first kappa shape index (κ1) is 16.4. The molecule has 0 atom stereocenters. The zero-order valence-corrected chi connectivity index (χ0v) is 12.9. The largest absolute Gasteiger partial charge is 0.486 e. The molecule has 2 aromatic rings. The second-order valence-corrected chi connectivity index (χ2v) is 5.33. The third kappa shape index (κ3) is 3.12. The van der Waals surface area contributed by atoms with Crippen molar-refractivity contribution in [1.29, 1.82) is 0 Å². The van der Waals surface area contributed by atoms with Gasteiger partial charge < -0.3 is 14.8 Å². The lowest BCUT2D eigenvalue weighted by atomic mass is 10.1. The van der Waals surface area contributed by atoms with Gasteiger partial charge in [-0.05, 0) is 24.3 Å². The predicted molar refractivity (Wildman–Crippen MR) is 81.8 cm³/mol. The Hall–Kier alpha value is -2.41. The van der Waals surface area contributed by atoms with Crippen LogP contribution in [0.4, 0.5) is 18.9 Å². The number of rotatable bonds is 2. The summed E-state index contributed by atoms with van der Waals surface area (Å²) in [5, 5.41) is 1.86. The Bertz CT molecular complexity index is 793. The number of carbonyl (C=O) groups is 1. The van der Waals surface area contributed by atoms with Gasteiger partial charge in [-0.1, -0.05) is 23.7 Å². The second kappa shape index (κ2) is 6.24. The smallest absolute Gasteiger partial charge is 0.417 e. The molecule has 3 rings (SSSR count). The fraction of sp³-hybridized carbons (Fsp3) is 0.188. The van der Waals surface area contributed by atoms with Crippen LogP contribution in [0.15, 0.2) is 36.4 Å². The highest BCUT2D eigenvalue weighted by molar-refractivity contribution is 6.35. The summed E-state index contributed by atoms with van der Waals surface area (Å²) < 4.78 is 49.5. The van der Waals surface area contributed by atoms with Gasteiger partial charge in [0.2, 0.25) is 0 Å². The Morgan fingerprint density at radius 2 is 1.79 bits per heavy atom. The SMILES string of the molecule is O=C(Nc1cccc2c1OCCO2)c1cccc(C(F)(F)F)c1Cl. The molecule has 1 N–H and O–H groups in total. The van der Waals surface area contributed by atoms with E-state index in [1.54, 1.807) is 18.2 Å². The molecule has 8 heteroatoms. The molecule has 0 bridgehead atoms. The summed E-state index contributed by atoms with van der Waals surface area (Å²) in [5.74, 6) is 0.0167. The molecule has 1 aliphatic rings. The summed E-state index contributed by atoms with van der Waals surface area (Å²) in [6, 6.07) is 8.04. The number of hydrogen-bond acceptors (Lipinski definition) is 3. The van der Waals surface area contributed by atoms with Gasteiger partial charge in [0.1, 0.15) is 13.2 Å². The van der Waals surface area contributed by atoms with Gasteiger partial charge in [0.15, 0.2) is 11.5 Å². The minimum absolute atomic E-state index is 0.277. The monoisotopic (exact) mass is 357 g/mol. The Balaban J connectivity index is 1.92. The first-order chi connectivity index (χ1) is 11.4. The van der Waals surface area contributed by atoms with Crippen molar-refractivity contribution >= 4 is 23.2 Å². The minimum atomic E-state index is -4.64. The zero-order valence-electron chi connectivity index (χ0n) is 12.1. The number of nitrogens with one attached hydrogen (secondary N) is 1. The maximum Gasteiger partial charge on any atom is 0.417 e. The summed E-state index contributed by atoms with van der Waals surface area (Å²) in [5.41, 5.74) is -1.04. The van der Waals surface area contributed by atoms with Crippen molar-refractivity contribution in [3.05, 3.63) is 52.5 Å². The number of hydrogen-bond donors (Lipinski definition) is 1. The third-order valence-corrected chi connectivity index (χ3v) is 3.77. The standard InChI is InChI=1S/C16H11ClF3NO3/c17-13-9(3-1-4-10(13)16(18,19)20)15(22)21-11-5-2-6-12-14(11)24-8-7-23-12/h1-6H,7-8H2,(H,21,22). The van der Waals surface area contributed by atoms with Gasteiger partial charge >= 0.3 is 6.18 Å². The van der Waals surface area contributed by atoms with Crippen LogP contribution in [0, 0.1) is 0 Å². The number of alkyl halides is 3. The lowest BCUT2D eigenvalue weighted by molar-refractivity contribution is -0.137. The molecule has 126 valence electrons. The first-order valence-corrected chi connectivity index (χ1v) is 7.31. The van der Waals surface area contributed by atoms with Crippen LogP contribution in [0.25, 0.3) is 0 Å². The molecule has 4 nitrogen and oxygen atoms in total. The van der Waals surface area contributed by atoms with E-state index in [0.29, 0.717) is 30.4 Å². The molecular formula is C16H11ClF3NO3. The maximum absolute atomic E-state index is 12.9. The lowest BCUT2D eigenvalue weighted by Crippen LogP contribution is -2.19. The van der Waals surface area contributed by atoms with Gasteiger partial charge in [-0.3, -0.25) is 4.79 Å². The Labute approximate surface area is 140 Å². The van der Waals surface area contributed by atoms with E-state index in [9.17, 15) is 18.0 Å². The highest BCUT2D eigenvalue weighted by atomic mass is 35.5. The number of fused-ring (bicyclic) bond motifs is 1. The van der Waals surface area contributed by atoms with Crippen LogP contribution in [-0.4, -0.2) is 19.1 Å².